The molecule has 0 aromatic carbocycles. The fourth-order valence-corrected chi connectivity index (χ4v) is 3.07. The molecule has 0 saturated carbocycles. The third kappa shape index (κ3) is 10.3. The molecule has 0 nitrogen and oxygen atoms in total. The van der Waals surface area contributed by atoms with Gasteiger partial charge in [0.1, 0.15) is 0 Å². The number of allylic oxidation sites excluding steroid dienone is 4. The van der Waals surface area contributed by atoms with Crippen molar-refractivity contribution in [2.45, 2.75) is 96.8 Å². The second-order valence-electron chi connectivity index (χ2n) is 6.46. The molecule has 0 heterocycles. The maximum atomic E-state index is 2.33. The Labute approximate surface area is 127 Å². The molecule has 1 aliphatic rings. The van der Waals surface area contributed by atoms with E-state index in [9.17, 15) is 0 Å². The zero-order chi connectivity index (χ0) is 14.3. The fourth-order valence-electron chi connectivity index (χ4n) is 3.07. The normalized spacial score (nSPS) is 14.4. The Kier molecular flexibility index (Phi) is 11.8. The molecule has 0 aromatic rings. The SMILES string of the molecule is CCCCCCCCCCCCCCCC1C=CC=C1. The van der Waals surface area contributed by atoms with Crippen molar-refractivity contribution in [1.29, 1.82) is 0 Å². The topological polar surface area (TPSA) is 0 Å². The van der Waals surface area contributed by atoms with Crippen molar-refractivity contribution in [1.82, 2.24) is 0 Å². The lowest BCUT2D eigenvalue weighted by Crippen LogP contribution is -1.89. The van der Waals surface area contributed by atoms with Gasteiger partial charge in [-0.3, -0.25) is 0 Å². The van der Waals surface area contributed by atoms with Crippen LogP contribution in [0.1, 0.15) is 96.8 Å². The van der Waals surface area contributed by atoms with E-state index < -0.39 is 0 Å². The highest BCUT2D eigenvalue weighted by Crippen LogP contribution is 2.18. The molecule has 0 amide bonds. The van der Waals surface area contributed by atoms with Crippen LogP contribution in [0, 0.1) is 5.92 Å². The zero-order valence-electron chi connectivity index (χ0n) is 13.8. The first kappa shape index (κ1) is 17.5. The van der Waals surface area contributed by atoms with Crippen molar-refractivity contribution in [3.63, 3.8) is 0 Å². The van der Waals surface area contributed by atoms with Crippen LogP contribution in [-0.4, -0.2) is 0 Å². The van der Waals surface area contributed by atoms with E-state index in [1.165, 1.54) is 89.9 Å². The van der Waals surface area contributed by atoms with E-state index in [-0.39, 0.29) is 0 Å². The van der Waals surface area contributed by atoms with Crippen LogP contribution in [-0.2, 0) is 0 Å². The molecular weight excluding hydrogens is 240 g/mol. The summed E-state index contributed by atoms with van der Waals surface area (Å²) in [6.45, 7) is 2.29. The van der Waals surface area contributed by atoms with Crippen molar-refractivity contribution >= 4 is 0 Å². The maximum absolute atomic E-state index is 2.33. The summed E-state index contributed by atoms with van der Waals surface area (Å²) in [5.74, 6) is 0.753. The van der Waals surface area contributed by atoms with Gasteiger partial charge in [-0.1, -0.05) is 115 Å². The second kappa shape index (κ2) is 13.5. The molecule has 20 heavy (non-hydrogen) atoms. The summed E-state index contributed by atoms with van der Waals surface area (Å²) in [5, 5.41) is 0. The fraction of sp³-hybridized carbons (Fsp3) is 0.800. The second-order valence-corrected chi connectivity index (χ2v) is 6.46. The molecule has 0 radical (unpaired) electrons. The molecule has 0 aliphatic heterocycles. The van der Waals surface area contributed by atoms with Gasteiger partial charge < -0.3 is 0 Å². The highest BCUT2D eigenvalue weighted by molar-refractivity contribution is 5.17. The lowest BCUT2D eigenvalue weighted by molar-refractivity contribution is 0.529. The minimum absolute atomic E-state index is 0.753. The van der Waals surface area contributed by atoms with Crippen LogP contribution >= 0.6 is 0 Å². The Morgan fingerprint density at radius 3 is 1.40 bits per heavy atom. The summed E-state index contributed by atoms with van der Waals surface area (Å²) in [4.78, 5) is 0. The Morgan fingerprint density at radius 2 is 0.950 bits per heavy atom. The van der Waals surface area contributed by atoms with E-state index in [0.717, 1.165) is 5.92 Å². The molecule has 1 rings (SSSR count). The molecule has 0 aromatic heterocycles. The molecule has 0 heteroatoms. The number of hydrogen-bond acceptors (Lipinski definition) is 0. The van der Waals surface area contributed by atoms with Gasteiger partial charge >= 0.3 is 0 Å². The summed E-state index contributed by atoms with van der Waals surface area (Å²) in [6.07, 6.45) is 29.3. The molecule has 116 valence electrons. The third-order valence-corrected chi connectivity index (χ3v) is 4.47. The van der Waals surface area contributed by atoms with Crippen molar-refractivity contribution < 1.29 is 0 Å². The summed E-state index contributed by atoms with van der Waals surface area (Å²) in [7, 11) is 0. The molecule has 1 aliphatic carbocycles. The standard InChI is InChI=1S/C20H36/c1-2-3-4-5-6-7-8-9-10-11-12-13-14-17-20-18-15-16-19-20/h15-16,18-20H,2-14,17H2,1H3. The number of hydrogen-bond donors (Lipinski definition) is 0. The third-order valence-electron chi connectivity index (χ3n) is 4.47. The van der Waals surface area contributed by atoms with Gasteiger partial charge in [-0.2, -0.15) is 0 Å². The van der Waals surface area contributed by atoms with Crippen molar-refractivity contribution in [2.24, 2.45) is 5.92 Å². The Hall–Kier alpha value is -0.520. The minimum atomic E-state index is 0.753. The van der Waals surface area contributed by atoms with Gasteiger partial charge in [-0.05, 0) is 12.3 Å². The van der Waals surface area contributed by atoms with Gasteiger partial charge in [0.15, 0.2) is 0 Å². The first-order valence-electron chi connectivity index (χ1n) is 9.28. The van der Waals surface area contributed by atoms with E-state index in [1.807, 2.05) is 0 Å². The van der Waals surface area contributed by atoms with Gasteiger partial charge in [0.25, 0.3) is 0 Å². The van der Waals surface area contributed by atoms with E-state index in [4.69, 9.17) is 0 Å². The smallest absolute Gasteiger partial charge is 0.00473 e. The van der Waals surface area contributed by atoms with Gasteiger partial charge in [0.05, 0.1) is 0 Å². The van der Waals surface area contributed by atoms with Crippen LogP contribution in [0.25, 0.3) is 0 Å². The lowest BCUT2D eigenvalue weighted by atomic mass is 10.0. The van der Waals surface area contributed by atoms with Crippen molar-refractivity contribution in [3.8, 4) is 0 Å². The predicted molar refractivity (Wildman–Crippen MR) is 92.1 cm³/mol. The number of rotatable bonds is 14. The Morgan fingerprint density at radius 1 is 0.550 bits per heavy atom. The average Bonchev–Trinajstić information content (AvgIpc) is 2.97. The molecular formula is C20H36. The van der Waals surface area contributed by atoms with E-state index in [0.29, 0.717) is 0 Å². The van der Waals surface area contributed by atoms with Gasteiger partial charge in [0.2, 0.25) is 0 Å². The predicted octanol–water partition coefficient (Wildman–Crippen LogP) is 7.21. The van der Waals surface area contributed by atoms with Crippen LogP contribution in [0.5, 0.6) is 0 Å². The van der Waals surface area contributed by atoms with Crippen LogP contribution < -0.4 is 0 Å². The van der Waals surface area contributed by atoms with Gasteiger partial charge in [0, 0.05) is 0 Å². The van der Waals surface area contributed by atoms with Crippen LogP contribution in [0.15, 0.2) is 24.3 Å². The van der Waals surface area contributed by atoms with E-state index in [1.54, 1.807) is 0 Å². The zero-order valence-corrected chi connectivity index (χ0v) is 13.8. The van der Waals surface area contributed by atoms with E-state index >= 15 is 0 Å². The summed E-state index contributed by atoms with van der Waals surface area (Å²) in [5.41, 5.74) is 0. The lowest BCUT2D eigenvalue weighted by Gasteiger charge is -2.05. The Balaban J connectivity index is 1.68. The molecule has 0 atom stereocenters. The Bertz CT molecular complexity index is 237. The molecule has 0 fully saturated rings. The van der Waals surface area contributed by atoms with E-state index in [2.05, 4.69) is 31.2 Å². The molecule has 0 bridgehead atoms. The quantitative estimate of drug-likeness (QED) is 0.294. The van der Waals surface area contributed by atoms with Crippen LogP contribution in [0.3, 0.4) is 0 Å². The van der Waals surface area contributed by atoms with Crippen LogP contribution in [0.2, 0.25) is 0 Å². The molecule has 0 N–H and O–H groups in total. The number of unbranched alkanes of at least 4 members (excludes halogenated alkanes) is 12. The molecule has 0 saturated heterocycles. The van der Waals surface area contributed by atoms with Gasteiger partial charge in [-0.15, -0.1) is 0 Å². The van der Waals surface area contributed by atoms with Gasteiger partial charge in [-0.25, -0.2) is 0 Å². The van der Waals surface area contributed by atoms with Crippen molar-refractivity contribution in [3.05, 3.63) is 24.3 Å². The summed E-state index contributed by atoms with van der Waals surface area (Å²) >= 11 is 0. The minimum Gasteiger partial charge on any atom is -0.0776 e. The first-order chi connectivity index (χ1) is 9.93. The first-order valence-corrected chi connectivity index (χ1v) is 9.28. The highest BCUT2D eigenvalue weighted by Gasteiger charge is 2.02. The average molecular weight is 277 g/mol. The monoisotopic (exact) mass is 276 g/mol. The highest BCUT2D eigenvalue weighted by atomic mass is 14.1. The molecule has 0 unspecified atom stereocenters. The summed E-state index contributed by atoms with van der Waals surface area (Å²) in [6, 6.07) is 0. The summed E-state index contributed by atoms with van der Waals surface area (Å²) < 4.78 is 0. The van der Waals surface area contributed by atoms with Crippen molar-refractivity contribution in [2.75, 3.05) is 0 Å². The largest absolute Gasteiger partial charge is 0.0776 e. The maximum Gasteiger partial charge on any atom is -0.00473 e. The molecule has 0 spiro atoms. The van der Waals surface area contributed by atoms with Crippen LogP contribution in [0.4, 0.5) is 0 Å².